The molecule has 12 nitrogen and oxygen atoms in total. The van der Waals surface area contributed by atoms with Gasteiger partial charge in [-0.3, -0.25) is 9.59 Å². The Bertz CT molecular complexity index is 1740. The van der Waals surface area contributed by atoms with Crippen molar-refractivity contribution in [2.75, 3.05) is 7.11 Å². The van der Waals surface area contributed by atoms with Crippen LogP contribution < -0.4 is 21.1 Å². The number of hydrogen-bond acceptors (Lipinski definition) is 8. The molecule has 2 saturated carbocycles. The maximum absolute atomic E-state index is 12.1. The Balaban J connectivity index is 0.000000241. The molecule has 0 spiro atoms. The van der Waals surface area contributed by atoms with Gasteiger partial charge >= 0.3 is 12.1 Å². The molecule has 0 saturated heterocycles. The lowest BCUT2D eigenvalue weighted by molar-refractivity contribution is -0.157. The summed E-state index contributed by atoms with van der Waals surface area (Å²) in [6.07, 6.45) is -4.36. The van der Waals surface area contributed by atoms with Crippen molar-refractivity contribution in [3.05, 3.63) is 59.9 Å². The van der Waals surface area contributed by atoms with Gasteiger partial charge in [0.1, 0.15) is 23.4 Å². The zero-order chi connectivity index (χ0) is 32.6. The minimum absolute atomic E-state index is 0.0871. The molecule has 15 heteroatoms. The average Bonchev–Trinajstić information content (AvgIpc) is 3.85. The van der Waals surface area contributed by atoms with Crippen molar-refractivity contribution in [2.24, 2.45) is 5.73 Å². The van der Waals surface area contributed by atoms with E-state index < -0.39 is 35.6 Å². The second-order valence-corrected chi connectivity index (χ2v) is 11.2. The van der Waals surface area contributed by atoms with Gasteiger partial charge in [0.2, 0.25) is 11.8 Å². The first-order valence-corrected chi connectivity index (χ1v) is 14.0. The van der Waals surface area contributed by atoms with Crippen LogP contribution in [0.4, 0.5) is 13.2 Å². The van der Waals surface area contributed by atoms with Gasteiger partial charge in [0.05, 0.1) is 18.2 Å². The number of hydrogen-bond donors (Lipinski definition) is 4. The number of nitrogens with two attached hydrogens (primary N) is 1. The monoisotopic (exact) mass is 628 g/mol. The number of methoxy groups -OCH3 is 1. The topological polar surface area (TPSA) is 175 Å². The molecule has 4 aromatic rings. The minimum atomic E-state index is -4.60. The Labute approximate surface area is 254 Å². The van der Waals surface area contributed by atoms with Crippen molar-refractivity contribution in [1.82, 2.24) is 25.3 Å². The predicted molar refractivity (Wildman–Crippen MR) is 154 cm³/mol. The van der Waals surface area contributed by atoms with Crippen LogP contribution in [-0.2, 0) is 20.9 Å². The minimum Gasteiger partial charge on any atom is -0.497 e. The number of nitrogens with zero attached hydrogens (tertiary/aromatic N) is 3. The van der Waals surface area contributed by atoms with Gasteiger partial charge in [-0.2, -0.15) is 18.2 Å². The summed E-state index contributed by atoms with van der Waals surface area (Å²) in [6.45, 7) is 2.23. The second kappa shape index (κ2) is 11.9. The van der Waals surface area contributed by atoms with Gasteiger partial charge in [-0.15, -0.1) is 0 Å². The molecule has 0 bridgehead atoms. The Morgan fingerprint density at radius 3 is 2.31 bits per heavy atom. The third-order valence-corrected chi connectivity index (χ3v) is 7.54. The molecule has 45 heavy (non-hydrogen) atoms. The van der Waals surface area contributed by atoms with E-state index in [9.17, 15) is 27.6 Å². The van der Waals surface area contributed by atoms with E-state index in [1.54, 1.807) is 14.0 Å². The van der Waals surface area contributed by atoms with Crippen molar-refractivity contribution in [3.8, 4) is 23.0 Å². The molecule has 2 aliphatic carbocycles. The van der Waals surface area contributed by atoms with Crippen LogP contribution in [0.25, 0.3) is 28.2 Å². The fourth-order valence-corrected chi connectivity index (χ4v) is 4.65. The first-order chi connectivity index (χ1) is 21.2. The molecule has 0 unspecified atom stereocenters. The number of benzene rings is 2. The number of amides is 2. The molecule has 0 aliphatic heterocycles. The standard InChI is InChI=1S/C23H23N5O3.C7H8F3NO3/c1-14-26-21(31-27-14)20-12-16-11-18(30-2)7-8-19(16)28(20)17-5-3-15(4-6-17)13-25-22(29)23(24)9-10-23;8-7(9,10)3-4(12)11-6(1-2-6)5(13)14/h3-8,11-12H,9-10,13,24H2,1-2H3,(H,25,29);1-3H2,(H,11,12)(H,13,14). The van der Waals surface area contributed by atoms with Gasteiger partial charge in [-0.25, -0.2) is 4.79 Å². The number of halogens is 3. The number of alkyl halides is 3. The van der Waals surface area contributed by atoms with Crippen molar-refractivity contribution in [1.29, 1.82) is 0 Å². The van der Waals surface area contributed by atoms with Crippen molar-refractivity contribution in [3.63, 3.8) is 0 Å². The summed E-state index contributed by atoms with van der Waals surface area (Å²) in [5.41, 5.74) is 7.56. The number of nitrogens with one attached hydrogen (secondary N) is 2. The van der Waals surface area contributed by atoms with Crippen LogP contribution in [0.15, 0.2) is 53.1 Å². The number of aryl methyl sites for hydroxylation is 1. The number of aliphatic carboxylic acids is 1. The molecule has 2 heterocycles. The highest BCUT2D eigenvalue weighted by atomic mass is 19.4. The fraction of sp³-hybridized carbons (Fsp3) is 0.367. The third-order valence-electron chi connectivity index (χ3n) is 7.54. The van der Waals surface area contributed by atoms with E-state index in [1.807, 2.05) is 53.8 Å². The van der Waals surface area contributed by atoms with Gasteiger partial charge in [0.25, 0.3) is 5.89 Å². The molecule has 2 aliphatic rings. The van der Waals surface area contributed by atoms with Crippen LogP contribution in [0.2, 0.25) is 0 Å². The molecule has 238 valence electrons. The third kappa shape index (κ3) is 7.25. The van der Waals surface area contributed by atoms with E-state index >= 15 is 0 Å². The van der Waals surface area contributed by atoms with E-state index in [1.165, 1.54) is 0 Å². The van der Waals surface area contributed by atoms with Crippen LogP contribution in [0.5, 0.6) is 5.75 Å². The van der Waals surface area contributed by atoms with Crippen LogP contribution in [0, 0.1) is 6.92 Å². The molecule has 0 atom stereocenters. The van der Waals surface area contributed by atoms with E-state index in [4.69, 9.17) is 20.1 Å². The van der Waals surface area contributed by atoms with Crippen LogP contribution in [-0.4, -0.2) is 62.0 Å². The number of ether oxygens (including phenoxy) is 1. The molecule has 2 aromatic heterocycles. The van der Waals surface area contributed by atoms with Gasteiger partial charge in [0, 0.05) is 17.6 Å². The Morgan fingerprint density at radius 2 is 1.78 bits per heavy atom. The summed E-state index contributed by atoms with van der Waals surface area (Å²) in [7, 11) is 1.65. The summed E-state index contributed by atoms with van der Waals surface area (Å²) in [6, 6.07) is 15.9. The summed E-state index contributed by atoms with van der Waals surface area (Å²) >= 11 is 0. The summed E-state index contributed by atoms with van der Waals surface area (Å²) in [5.74, 6) is -0.871. The van der Waals surface area contributed by atoms with E-state index in [0.29, 0.717) is 18.3 Å². The Kier molecular flexibility index (Phi) is 8.31. The molecular weight excluding hydrogens is 597 g/mol. The van der Waals surface area contributed by atoms with Crippen LogP contribution >= 0.6 is 0 Å². The lowest BCUT2D eigenvalue weighted by Crippen LogP contribution is -2.44. The smallest absolute Gasteiger partial charge is 0.397 e. The highest BCUT2D eigenvalue weighted by molar-refractivity contribution is 5.90. The normalized spacial score (nSPS) is 15.9. The molecule has 2 fully saturated rings. The highest BCUT2D eigenvalue weighted by Crippen LogP contribution is 2.36. The molecule has 2 aromatic carbocycles. The van der Waals surface area contributed by atoms with Crippen molar-refractivity contribution >= 4 is 28.7 Å². The largest absolute Gasteiger partial charge is 0.497 e. The Morgan fingerprint density at radius 1 is 1.09 bits per heavy atom. The predicted octanol–water partition coefficient (Wildman–Crippen LogP) is 3.78. The highest BCUT2D eigenvalue weighted by Gasteiger charge is 2.52. The fourth-order valence-electron chi connectivity index (χ4n) is 4.65. The van der Waals surface area contributed by atoms with Gasteiger partial charge in [-0.05, 0) is 74.6 Å². The van der Waals surface area contributed by atoms with Crippen LogP contribution in [0.1, 0.15) is 43.5 Å². The molecular formula is C30H31F3N6O6. The summed E-state index contributed by atoms with van der Waals surface area (Å²) < 4.78 is 48.0. The number of carboxylic acid groups (broad SMARTS) is 1. The number of fused-ring (bicyclic) bond motifs is 1. The summed E-state index contributed by atoms with van der Waals surface area (Å²) in [4.78, 5) is 37.7. The zero-order valence-corrected chi connectivity index (χ0v) is 24.4. The number of carboxylic acids is 1. The van der Waals surface area contributed by atoms with E-state index in [0.717, 1.165) is 46.4 Å². The average molecular weight is 629 g/mol. The van der Waals surface area contributed by atoms with E-state index in [-0.39, 0.29) is 18.7 Å². The quantitative estimate of drug-likeness (QED) is 0.215. The van der Waals surface area contributed by atoms with E-state index in [2.05, 4.69) is 20.0 Å². The molecule has 2 amide bonds. The molecule has 0 radical (unpaired) electrons. The Hall–Kier alpha value is -4.92. The lowest BCUT2D eigenvalue weighted by atomic mass is 10.2. The van der Waals surface area contributed by atoms with Gasteiger partial charge < -0.3 is 35.3 Å². The van der Waals surface area contributed by atoms with Gasteiger partial charge in [-0.1, -0.05) is 17.3 Å². The second-order valence-electron chi connectivity index (χ2n) is 11.2. The lowest BCUT2D eigenvalue weighted by Gasteiger charge is -2.13. The molecule has 6 rings (SSSR count). The van der Waals surface area contributed by atoms with Crippen molar-refractivity contribution in [2.45, 2.75) is 62.8 Å². The van der Waals surface area contributed by atoms with Gasteiger partial charge in [0.15, 0.2) is 5.82 Å². The summed E-state index contributed by atoms with van der Waals surface area (Å²) in [5, 5.41) is 18.3. The number of carbonyl (C=O) groups is 3. The van der Waals surface area contributed by atoms with Crippen LogP contribution in [0.3, 0.4) is 0 Å². The number of aromatic nitrogens is 3. The molecule has 5 N–H and O–H groups in total. The maximum Gasteiger partial charge on any atom is 0.397 e. The number of carbonyl (C=O) groups excluding carboxylic acids is 2. The first kappa shape index (κ1) is 31.5. The number of rotatable bonds is 9. The maximum atomic E-state index is 12.1. The first-order valence-electron chi connectivity index (χ1n) is 14.0. The zero-order valence-electron chi connectivity index (χ0n) is 24.4. The SMILES string of the molecule is COc1ccc2c(c1)cc(-c1nc(C)no1)n2-c1ccc(CNC(=O)C2(N)CC2)cc1.O=C(CC(F)(F)F)NC1(C(=O)O)CC1. The van der Waals surface area contributed by atoms with Crippen molar-refractivity contribution < 1.29 is 41.9 Å².